The van der Waals surface area contributed by atoms with E-state index in [0.717, 1.165) is 29.8 Å². The molecule has 0 saturated heterocycles. The number of para-hydroxylation sites is 1. The summed E-state index contributed by atoms with van der Waals surface area (Å²) in [5.74, 6) is 1.97. The summed E-state index contributed by atoms with van der Waals surface area (Å²) < 4.78 is 34.0. The summed E-state index contributed by atoms with van der Waals surface area (Å²) in [5, 5.41) is 4.10. The summed E-state index contributed by atoms with van der Waals surface area (Å²) in [5.41, 5.74) is 2.32. The molecule has 7 heteroatoms. The average molecular weight is 461 g/mol. The first-order valence-corrected chi connectivity index (χ1v) is 11.8. The predicted octanol–water partition coefficient (Wildman–Crippen LogP) is 6.57. The van der Waals surface area contributed by atoms with Crippen molar-refractivity contribution in [3.8, 4) is 28.4 Å². The first-order valence-electron chi connectivity index (χ1n) is 11.8. The van der Waals surface area contributed by atoms with Gasteiger partial charge in [0.2, 0.25) is 0 Å². The maximum Gasteiger partial charge on any atom is 0.164 e. The van der Waals surface area contributed by atoms with Gasteiger partial charge in [-0.3, -0.25) is 0 Å². The highest BCUT2D eigenvalue weighted by Gasteiger charge is 2.35. The molecule has 7 rings (SSSR count). The Labute approximate surface area is 196 Å². The van der Waals surface area contributed by atoms with E-state index >= 15 is 0 Å². The summed E-state index contributed by atoms with van der Waals surface area (Å²) in [4.78, 5) is 12.5. The Hall–Kier alpha value is -3.48. The van der Waals surface area contributed by atoms with Gasteiger partial charge in [-0.05, 0) is 49.3 Å². The van der Waals surface area contributed by atoms with Crippen molar-refractivity contribution >= 4 is 16.7 Å². The van der Waals surface area contributed by atoms with E-state index in [1.54, 1.807) is 13.3 Å². The molecule has 0 spiro atoms. The fourth-order valence-electron chi connectivity index (χ4n) is 5.72. The first kappa shape index (κ1) is 21.1. The van der Waals surface area contributed by atoms with E-state index in [-0.39, 0.29) is 5.52 Å². The van der Waals surface area contributed by atoms with Crippen molar-refractivity contribution < 1.29 is 13.5 Å². The Bertz CT molecular complexity index is 1360. The number of benzene rings is 2. The number of halogens is 2. The summed E-state index contributed by atoms with van der Waals surface area (Å²) in [7, 11) is 1.63. The molecular formula is C27H26F2N4O. The van der Waals surface area contributed by atoms with Gasteiger partial charge in [0.05, 0.1) is 18.3 Å². The molecule has 5 nitrogen and oxygen atoms in total. The lowest BCUT2D eigenvalue weighted by molar-refractivity contribution is 0.157. The maximum absolute atomic E-state index is 14.4. The van der Waals surface area contributed by atoms with Crippen LogP contribution >= 0.6 is 0 Å². The number of hydrogen-bond acceptors (Lipinski definition) is 4. The molecular weight excluding hydrogens is 434 g/mol. The van der Waals surface area contributed by atoms with Crippen molar-refractivity contribution in [3.05, 3.63) is 60.3 Å². The number of methoxy groups -OCH3 is 1. The van der Waals surface area contributed by atoms with Gasteiger partial charge in [-0.25, -0.2) is 18.7 Å². The van der Waals surface area contributed by atoms with Crippen LogP contribution in [0.15, 0.2) is 48.7 Å². The topological polar surface area (TPSA) is 62.8 Å². The Kier molecular flexibility index (Phi) is 5.20. The molecule has 2 N–H and O–H groups in total. The summed E-state index contributed by atoms with van der Waals surface area (Å²) in [6, 6.07) is 12.2. The molecule has 0 radical (unpaired) electrons. The van der Waals surface area contributed by atoms with Gasteiger partial charge in [0, 0.05) is 40.9 Å². The van der Waals surface area contributed by atoms with Crippen LogP contribution in [0.25, 0.3) is 33.5 Å². The van der Waals surface area contributed by atoms with Crippen molar-refractivity contribution in [2.24, 2.45) is 11.8 Å². The lowest BCUT2D eigenvalue weighted by Crippen LogP contribution is -2.40. The molecule has 3 aliphatic carbocycles. The molecule has 34 heavy (non-hydrogen) atoms. The minimum Gasteiger partial charge on any atom is -0.496 e. The second kappa shape index (κ2) is 8.38. The number of fused-ring (bicyclic) bond motifs is 4. The maximum atomic E-state index is 14.4. The van der Waals surface area contributed by atoms with Gasteiger partial charge in [0.15, 0.2) is 5.82 Å². The van der Waals surface area contributed by atoms with Gasteiger partial charge in [0.25, 0.3) is 0 Å². The second-order valence-electron chi connectivity index (χ2n) is 9.44. The van der Waals surface area contributed by atoms with Crippen molar-refractivity contribution in [1.29, 1.82) is 0 Å². The molecule has 2 aromatic heterocycles. The third-order valence-electron chi connectivity index (χ3n) is 7.44. The van der Waals surface area contributed by atoms with E-state index in [4.69, 9.17) is 14.7 Å². The fraction of sp³-hybridized carbons (Fsp3) is 0.333. The molecule has 0 aliphatic heterocycles. The molecule has 3 saturated carbocycles. The zero-order valence-electron chi connectivity index (χ0n) is 18.9. The predicted molar refractivity (Wildman–Crippen MR) is 129 cm³/mol. The number of rotatable bonds is 5. The van der Waals surface area contributed by atoms with Crippen LogP contribution in [-0.2, 0) is 0 Å². The van der Waals surface area contributed by atoms with E-state index in [0.29, 0.717) is 40.2 Å². The number of nitrogens with zero attached hydrogens (tertiary/aromatic N) is 2. The van der Waals surface area contributed by atoms with Crippen LogP contribution < -0.4 is 10.1 Å². The highest BCUT2D eigenvalue weighted by atomic mass is 19.1. The molecule has 2 aromatic carbocycles. The summed E-state index contributed by atoms with van der Waals surface area (Å²) in [6.07, 6.45) is 7.92. The molecule has 2 bridgehead atoms. The van der Waals surface area contributed by atoms with E-state index in [1.807, 2.05) is 30.3 Å². The highest BCUT2D eigenvalue weighted by Crippen LogP contribution is 2.43. The number of nitrogens with one attached hydrogen (secondary N) is 2. The molecule has 3 fully saturated rings. The van der Waals surface area contributed by atoms with Crippen LogP contribution in [0.1, 0.15) is 32.1 Å². The van der Waals surface area contributed by atoms with Crippen molar-refractivity contribution in [2.75, 3.05) is 12.4 Å². The molecule has 3 aliphatic rings. The normalized spacial score (nSPS) is 21.7. The van der Waals surface area contributed by atoms with Crippen LogP contribution in [0, 0.1) is 23.5 Å². The van der Waals surface area contributed by atoms with E-state index < -0.39 is 11.6 Å². The minimum atomic E-state index is -0.640. The van der Waals surface area contributed by atoms with Crippen LogP contribution in [0.3, 0.4) is 0 Å². The van der Waals surface area contributed by atoms with Crippen molar-refractivity contribution in [2.45, 2.75) is 38.1 Å². The molecule has 1 atom stereocenters. The Balaban J connectivity index is 1.48. The van der Waals surface area contributed by atoms with Crippen LogP contribution in [0.4, 0.5) is 14.6 Å². The lowest BCUT2D eigenvalue weighted by Gasteiger charge is -2.42. The number of H-pyrrole nitrogens is 1. The molecule has 1 unspecified atom stereocenters. The van der Waals surface area contributed by atoms with Gasteiger partial charge in [0.1, 0.15) is 23.2 Å². The summed E-state index contributed by atoms with van der Waals surface area (Å²) >= 11 is 0. The van der Waals surface area contributed by atoms with E-state index in [9.17, 15) is 8.78 Å². The van der Waals surface area contributed by atoms with Gasteiger partial charge in [-0.1, -0.05) is 25.0 Å². The molecule has 174 valence electrons. The number of aromatic amines is 1. The fourth-order valence-corrected chi connectivity index (χ4v) is 5.72. The van der Waals surface area contributed by atoms with Crippen LogP contribution in [0.5, 0.6) is 5.75 Å². The Morgan fingerprint density at radius 1 is 1.00 bits per heavy atom. The van der Waals surface area contributed by atoms with Gasteiger partial charge >= 0.3 is 0 Å². The zero-order valence-corrected chi connectivity index (χ0v) is 18.9. The highest BCUT2D eigenvalue weighted by molar-refractivity contribution is 5.94. The standard InChI is InChI=1S/C27H26F2N4O/c1-34-24-5-3-2-4-18(24)23-13-25(31-22-10-15-6-8-16(22)9-7-15)33-27(32-23)20-14-30-26-19(20)11-17(28)12-21(26)29/h2-5,11-16,22,30H,6-10H2,1H3,(H,31,32,33). The largest absolute Gasteiger partial charge is 0.496 e. The third-order valence-corrected chi connectivity index (χ3v) is 7.44. The van der Waals surface area contributed by atoms with Crippen molar-refractivity contribution in [3.63, 3.8) is 0 Å². The number of anilines is 1. The van der Waals surface area contributed by atoms with Gasteiger partial charge in [-0.2, -0.15) is 0 Å². The average Bonchev–Trinajstić information content (AvgIpc) is 3.29. The smallest absolute Gasteiger partial charge is 0.164 e. The monoisotopic (exact) mass is 460 g/mol. The number of aromatic nitrogens is 3. The zero-order chi connectivity index (χ0) is 23.2. The molecule has 0 amide bonds. The van der Waals surface area contributed by atoms with E-state index in [1.165, 1.54) is 31.7 Å². The number of ether oxygens (including phenoxy) is 1. The van der Waals surface area contributed by atoms with Crippen molar-refractivity contribution in [1.82, 2.24) is 15.0 Å². The number of hydrogen-bond donors (Lipinski definition) is 2. The van der Waals surface area contributed by atoms with Gasteiger partial charge < -0.3 is 15.0 Å². The second-order valence-corrected chi connectivity index (χ2v) is 9.44. The summed E-state index contributed by atoms with van der Waals surface area (Å²) in [6.45, 7) is 0. The quantitative estimate of drug-likeness (QED) is 0.354. The third kappa shape index (κ3) is 3.69. The van der Waals surface area contributed by atoms with Crippen LogP contribution in [-0.4, -0.2) is 28.1 Å². The Morgan fingerprint density at radius 2 is 1.82 bits per heavy atom. The van der Waals surface area contributed by atoms with Gasteiger partial charge in [-0.15, -0.1) is 0 Å². The minimum absolute atomic E-state index is 0.238. The van der Waals surface area contributed by atoms with Crippen LogP contribution in [0.2, 0.25) is 0 Å². The first-order chi connectivity index (χ1) is 16.6. The molecule has 2 heterocycles. The SMILES string of the molecule is COc1ccccc1-c1cc(NC2CC3CCC2CC3)nc(-c2c[nH]c3c(F)cc(F)cc23)n1. The Morgan fingerprint density at radius 3 is 2.59 bits per heavy atom. The van der Waals surface area contributed by atoms with E-state index in [2.05, 4.69) is 10.3 Å². The lowest BCUT2D eigenvalue weighted by atomic mass is 9.68. The molecule has 4 aromatic rings.